The van der Waals surface area contributed by atoms with E-state index in [0.717, 1.165) is 15.6 Å². The molecule has 4 heterocycles. The van der Waals surface area contributed by atoms with E-state index in [1.165, 1.54) is 18.4 Å². The molecule has 7 nitrogen and oxygen atoms in total. The first-order valence-electron chi connectivity index (χ1n) is 11.4. The quantitative estimate of drug-likeness (QED) is 0.356. The van der Waals surface area contributed by atoms with Gasteiger partial charge in [-0.25, -0.2) is 4.99 Å². The highest BCUT2D eigenvalue weighted by atomic mass is 79.9. The van der Waals surface area contributed by atoms with Crippen LogP contribution in [0.1, 0.15) is 24.3 Å². The molecule has 4 atom stereocenters. The number of methoxy groups -OCH3 is 1. The number of thiazole rings is 1. The first kappa shape index (κ1) is 21.8. The van der Waals surface area contributed by atoms with Crippen LogP contribution < -0.4 is 19.6 Å². The van der Waals surface area contributed by atoms with Crippen LogP contribution in [0.2, 0.25) is 0 Å². The van der Waals surface area contributed by atoms with Crippen molar-refractivity contribution in [1.82, 2.24) is 4.57 Å². The molecule has 1 saturated carbocycles. The molecule has 2 aliphatic heterocycles. The van der Waals surface area contributed by atoms with Gasteiger partial charge in [0, 0.05) is 21.7 Å². The summed E-state index contributed by atoms with van der Waals surface area (Å²) >= 11 is 4.73. The molecule has 0 unspecified atom stereocenters. The molecule has 4 aromatic rings. The van der Waals surface area contributed by atoms with Crippen molar-refractivity contribution < 1.29 is 18.7 Å². The molecule has 3 aliphatic rings. The predicted molar refractivity (Wildman–Crippen MR) is 137 cm³/mol. The summed E-state index contributed by atoms with van der Waals surface area (Å²) < 4.78 is 20.7. The lowest BCUT2D eigenvalue weighted by atomic mass is 9.97. The van der Waals surface area contributed by atoms with Crippen LogP contribution >= 0.6 is 27.3 Å². The number of nitrogens with zero attached hydrogens (tertiary/aromatic N) is 2. The number of carbonyl (C=O) groups excluding carboxylic acids is 1. The van der Waals surface area contributed by atoms with Gasteiger partial charge in [-0.1, -0.05) is 57.6 Å². The van der Waals surface area contributed by atoms with Gasteiger partial charge in [-0.05, 0) is 37.3 Å². The molecule has 0 amide bonds. The second-order valence-electron chi connectivity index (χ2n) is 9.33. The van der Waals surface area contributed by atoms with Crippen LogP contribution in [0.4, 0.5) is 0 Å². The Balaban J connectivity index is 1.38. The second kappa shape index (κ2) is 7.30. The monoisotopic (exact) mass is 562 g/mol. The molecule has 9 heteroatoms. The van der Waals surface area contributed by atoms with Crippen LogP contribution in [-0.4, -0.2) is 28.8 Å². The Bertz CT molecular complexity index is 1750. The molecular formula is C27H19BrN2O5S. The molecule has 0 saturated heterocycles. The smallest absolute Gasteiger partial charge is 0.315 e. The van der Waals surface area contributed by atoms with Crippen LogP contribution in [0.25, 0.3) is 17.4 Å². The SMILES string of the molecule is COC(=O)[C@H]1[C@@]23Oc4ccccc4[C@H]2n2c(s/c(=C\c4ccc(-c5ccc(Br)cc5)o4)c2=O)=N[C@]13C. The first-order chi connectivity index (χ1) is 17.4. The average Bonchev–Trinajstić information content (AvgIpc) is 3.28. The second-order valence-corrected chi connectivity index (χ2v) is 11.3. The third-order valence-corrected chi connectivity index (χ3v) is 9.00. The van der Waals surface area contributed by atoms with Gasteiger partial charge in [0.1, 0.15) is 34.8 Å². The van der Waals surface area contributed by atoms with Crippen LogP contribution in [0.15, 0.2) is 79.3 Å². The van der Waals surface area contributed by atoms with Crippen molar-refractivity contribution >= 4 is 39.3 Å². The van der Waals surface area contributed by atoms with E-state index >= 15 is 0 Å². The number of aromatic nitrogens is 1. The van der Waals surface area contributed by atoms with Gasteiger partial charge >= 0.3 is 5.97 Å². The summed E-state index contributed by atoms with van der Waals surface area (Å²) in [6.45, 7) is 1.90. The number of hydrogen-bond donors (Lipinski definition) is 0. The molecule has 36 heavy (non-hydrogen) atoms. The number of fused-ring (bicyclic) bond motifs is 4. The molecule has 0 radical (unpaired) electrons. The summed E-state index contributed by atoms with van der Waals surface area (Å²) in [7, 11) is 1.37. The summed E-state index contributed by atoms with van der Waals surface area (Å²) in [5.41, 5.74) is -0.203. The maximum atomic E-state index is 13.8. The number of halogens is 1. The highest BCUT2D eigenvalue weighted by Gasteiger charge is 2.88. The number of para-hydroxylation sites is 1. The minimum absolute atomic E-state index is 0.192. The number of benzene rings is 2. The largest absolute Gasteiger partial charge is 0.481 e. The van der Waals surface area contributed by atoms with E-state index in [1.54, 1.807) is 10.6 Å². The Kier molecular flexibility index (Phi) is 4.43. The molecule has 180 valence electrons. The van der Waals surface area contributed by atoms with Gasteiger partial charge in [-0.15, -0.1) is 0 Å². The molecule has 2 aromatic carbocycles. The van der Waals surface area contributed by atoms with Crippen LogP contribution in [0, 0.1) is 5.92 Å². The third-order valence-electron chi connectivity index (χ3n) is 7.49. The highest BCUT2D eigenvalue weighted by molar-refractivity contribution is 9.10. The molecule has 0 N–H and O–H groups in total. The molecule has 0 bridgehead atoms. The van der Waals surface area contributed by atoms with Crippen molar-refractivity contribution in [3.63, 3.8) is 0 Å². The highest BCUT2D eigenvalue weighted by Crippen LogP contribution is 2.70. The van der Waals surface area contributed by atoms with E-state index in [0.29, 0.717) is 26.6 Å². The Morgan fingerprint density at radius 3 is 2.72 bits per heavy atom. The molecule has 2 aromatic heterocycles. The third kappa shape index (κ3) is 2.70. The van der Waals surface area contributed by atoms with Gasteiger partial charge < -0.3 is 13.9 Å². The Labute approximate surface area is 217 Å². The topological polar surface area (TPSA) is 83.0 Å². The Hall–Kier alpha value is -3.43. The van der Waals surface area contributed by atoms with Gasteiger partial charge in [-0.2, -0.15) is 0 Å². The van der Waals surface area contributed by atoms with E-state index in [4.69, 9.17) is 18.9 Å². The van der Waals surface area contributed by atoms with Gasteiger partial charge in [0.25, 0.3) is 5.56 Å². The summed E-state index contributed by atoms with van der Waals surface area (Å²) in [5, 5.41) is 0. The van der Waals surface area contributed by atoms with Gasteiger partial charge in [0.05, 0.1) is 11.6 Å². The predicted octanol–water partition coefficient (Wildman–Crippen LogP) is 3.68. The lowest BCUT2D eigenvalue weighted by molar-refractivity contribution is -0.144. The molecule has 1 aliphatic carbocycles. The van der Waals surface area contributed by atoms with Crippen molar-refractivity contribution in [2.75, 3.05) is 7.11 Å². The fourth-order valence-corrected chi connectivity index (χ4v) is 7.13. The minimum atomic E-state index is -0.988. The number of carbonyl (C=O) groups is 1. The summed E-state index contributed by atoms with van der Waals surface area (Å²) in [4.78, 5) is 32.0. The number of rotatable bonds is 3. The summed E-state index contributed by atoms with van der Waals surface area (Å²) in [5.74, 6) is 0.962. The molecule has 7 rings (SSSR count). The van der Waals surface area contributed by atoms with Crippen molar-refractivity contribution in [2.45, 2.75) is 24.1 Å². The van der Waals surface area contributed by atoms with Crippen molar-refractivity contribution in [2.24, 2.45) is 10.9 Å². The maximum Gasteiger partial charge on any atom is 0.315 e. The van der Waals surface area contributed by atoms with Crippen molar-refractivity contribution in [3.05, 3.63) is 96.1 Å². The summed E-state index contributed by atoms with van der Waals surface area (Å²) in [6.07, 6.45) is 1.75. The zero-order chi connectivity index (χ0) is 24.8. The molecular weight excluding hydrogens is 544 g/mol. The van der Waals surface area contributed by atoms with Crippen molar-refractivity contribution in [1.29, 1.82) is 0 Å². The fraction of sp³-hybridized carbons (Fsp3) is 0.222. The van der Waals surface area contributed by atoms with Gasteiger partial charge in [0.2, 0.25) is 0 Å². The number of esters is 1. The normalized spacial score (nSPS) is 27.2. The van der Waals surface area contributed by atoms with E-state index in [-0.39, 0.29) is 11.5 Å². The van der Waals surface area contributed by atoms with Crippen LogP contribution in [0.5, 0.6) is 5.75 Å². The zero-order valence-corrected chi connectivity index (χ0v) is 21.6. The maximum absolute atomic E-state index is 13.8. The van der Waals surface area contributed by atoms with Crippen LogP contribution in [0.3, 0.4) is 0 Å². The lowest BCUT2D eigenvalue weighted by Crippen LogP contribution is -2.47. The Morgan fingerprint density at radius 1 is 1.17 bits per heavy atom. The van der Waals surface area contributed by atoms with E-state index in [2.05, 4.69) is 15.9 Å². The van der Waals surface area contributed by atoms with E-state index in [1.807, 2.05) is 67.6 Å². The fourth-order valence-electron chi connectivity index (χ4n) is 5.79. The standard InChI is InChI=1S/C27H19BrN2O5S/c1-26-21(24(32)33-2)27(26)22(17-5-3-4-6-19(17)35-27)30-23(31)20(36-25(30)29-26)13-16-11-12-18(34-16)14-7-9-15(28)10-8-14/h3-13,21-22H,1-2H3/b20-13-/t21-,22-,26-,27-/m1/s1. The van der Waals surface area contributed by atoms with Gasteiger partial charge in [0.15, 0.2) is 10.4 Å². The number of furan rings is 1. The zero-order valence-electron chi connectivity index (χ0n) is 19.2. The average molecular weight is 563 g/mol. The van der Waals surface area contributed by atoms with E-state index < -0.39 is 23.1 Å². The lowest BCUT2D eigenvalue weighted by Gasteiger charge is -2.26. The van der Waals surface area contributed by atoms with Crippen LogP contribution in [-0.2, 0) is 9.53 Å². The summed E-state index contributed by atoms with van der Waals surface area (Å²) in [6, 6.07) is 18.7. The first-order valence-corrected chi connectivity index (χ1v) is 13.0. The van der Waals surface area contributed by atoms with Crippen molar-refractivity contribution in [3.8, 4) is 17.1 Å². The number of hydrogen-bond acceptors (Lipinski definition) is 7. The van der Waals surface area contributed by atoms with E-state index in [9.17, 15) is 9.59 Å². The minimum Gasteiger partial charge on any atom is -0.481 e. The molecule has 1 spiro atoms. The molecule has 1 fully saturated rings. The Morgan fingerprint density at radius 2 is 1.94 bits per heavy atom. The number of ether oxygens (including phenoxy) is 2. The van der Waals surface area contributed by atoms with Gasteiger partial charge in [-0.3, -0.25) is 14.2 Å².